The van der Waals surface area contributed by atoms with Crippen molar-refractivity contribution in [3.8, 4) is 0 Å². The summed E-state index contributed by atoms with van der Waals surface area (Å²) in [4.78, 5) is 82.8. The van der Waals surface area contributed by atoms with E-state index in [9.17, 15) is 38.9 Å². The number of hydrogen-bond acceptors (Lipinski definition) is 8. The van der Waals surface area contributed by atoms with E-state index >= 15 is 0 Å². The Morgan fingerprint density at radius 3 is 1.74 bits per heavy atom. The van der Waals surface area contributed by atoms with Crippen LogP contribution in [0.3, 0.4) is 0 Å². The van der Waals surface area contributed by atoms with Crippen LogP contribution in [-0.4, -0.2) is 69.7 Å². The van der Waals surface area contributed by atoms with Gasteiger partial charge in [0, 0.05) is 24.2 Å². The number of carboxylic acid groups (broad SMARTS) is 1. The van der Waals surface area contributed by atoms with Crippen LogP contribution in [-0.2, 0) is 28.8 Å². The Kier molecular flexibility index (Phi) is 12.5. The number of non-ortho nitro benzene ring substituents is 1. The zero-order chi connectivity index (χ0) is 29.9. The first kappa shape index (κ1) is 32.5. The van der Waals surface area contributed by atoms with Crippen molar-refractivity contribution in [2.24, 2.45) is 5.92 Å². The Labute approximate surface area is 224 Å². The van der Waals surface area contributed by atoms with E-state index in [1.807, 2.05) is 0 Å². The number of anilines is 1. The lowest BCUT2D eigenvalue weighted by Crippen LogP contribution is -2.58. The topological polar surface area (TPSA) is 226 Å². The van der Waals surface area contributed by atoms with Gasteiger partial charge in [0.2, 0.25) is 29.5 Å². The number of rotatable bonds is 14. The zero-order valence-electron chi connectivity index (χ0n) is 22.3. The molecule has 0 unspecified atom stereocenters. The molecule has 0 heterocycles. The predicted molar refractivity (Wildman–Crippen MR) is 138 cm³/mol. The number of carbonyl (C=O) groups is 6. The lowest BCUT2D eigenvalue weighted by atomic mass is 10.0. The van der Waals surface area contributed by atoms with Crippen molar-refractivity contribution >= 4 is 46.9 Å². The molecule has 0 aliphatic heterocycles. The minimum atomic E-state index is -1.16. The van der Waals surface area contributed by atoms with Gasteiger partial charge in [-0.3, -0.25) is 38.9 Å². The smallest absolute Gasteiger partial charge is 0.303 e. The van der Waals surface area contributed by atoms with Gasteiger partial charge in [-0.25, -0.2) is 0 Å². The molecule has 0 spiro atoms. The number of carbonyl (C=O) groups excluding carboxylic acids is 5. The second-order valence-corrected chi connectivity index (χ2v) is 9.17. The van der Waals surface area contributed by atoms with E-state index < -0.39 is 76.9 Å². The van der Waals surface area contributed by atoms with E-state index in [0.717, 1.165) is 0 Å². The van der Waals surface area contributed by atoms with Gasteiger partial charge >= 0.3 is 5.97 Å². The molecular formula is C24H34N6O9. The summed E-state index contributed by atoms with van der Waals surface area (Å²) in [6.45, 7) is 7.51. The number of benzene rings is 1. The minimum Gasteiger partial charge on any atom is -0.481 e. The molecule has 0 bridgehead atoms. The van der Waals surface area contributed by atoms with Crippen molar-refractivity contribution in [2.45, 2.75) is 71.6 Å². The van der Waals surface area contributed by atoms with Gasteiger partial charge in [-0.2, -0.15) is 0 Å². The highest BCUT2D eigenvalue weighted by atomic mass is 16.6. The number of carboxylic acids is 1. The molecule has 15 heteroatoms. The molecule has 0 fully saturated rings. The molecule has 39 heavy (non-hydrogen) atoms. The predicted octanol–water partition coefficient (Wildman–Crippen LogP) is 0.0530. The van der Waals surface area contributed by atoms with Crippen LogP contribution in [0.25, 0.3) is 0 Å². The van der Waals surface area contributed by atoms with E-state index in [4.69, 9.17) is 5.11 Å². The fourth-order valence-corrected chi connectivity index (χ4v) is 3.10. The van der Waals surface area contributed by atoms with E-state index in [1.165, 1.54) is 45.0 Å². The van der Waals surface area contributed by atoms with Gasteiger partial charge in [0.25, 0.3) is 5.69 Å². The van der Waals surface area contributed by atoms with Crippen molar-refractivity contribution in [3.05, 3.63) is 34.4 Å². The standard InChI is InChI=1S/C24H34N6O9/c1-12(2)20(24(37)27-14(4)22(35)28-16-6-8-17(9-7-16)30(38)39)29-23(36)15(5)26-21(34)13(3)25-18(31)10-11-19(32)33/h6-9,12-15,20H,10-11H2,1-5H3,(H,25,31)(H,26,34)(H,27,37)(H,28,35)(H,29,36)(H,32,33)/t13-,14-,15-,20-/m0/s1. The third-order valence-corrected chi connectivity index (χ3v) is 5.43. The van der Waals surface area contributed by atoms with E-state index in [1.54, 1.807) is 13.8 Å². The molecule has 5 amide bonds. The van der Waals surface area contributed by atoms with Gasteiger partial charge in [-0.15, -0.1) is 0 Å². The highest BCUT2D eigenvalue weighted by Crippen LogP contribution is 2.15. The number of nitro groups is 1. The summed E-state index contributed by atoms with van der Waals surface area (Å²) in [7, 11) is 0. The number of nitro benzene ring substituents is 1. The molecule has 214 valence electrons. The van der Waals surface area contributed by atoms with Crippen LogP contribution in [0.1, 0.15) is 47.5 Å². The number of hydrogen-bond donors (Lipinski definition) is 6. The number of amides is 5. The monoisotopic (exact) mass is 550 g/mol. The highest BCUT2D eigenvalue weighted by Gasteiger charge is 2.29. The van der Waals surface area contributed by atoms with Crippen molar-refractivity contribution in [1.29, 1.82) is 0 Å². The van der Waals surface area contributed by atoms with Crippen LogP contribution in [0.5, 0.6) is 0 Å². The quantitative estimate of drug-likeness (QED) is 0.136. The van der Waals surface area contributed by atoms with E-state index in [2.05, 4.69) is 26.6 Å². The summed E-state index contributed by atoms with van der Waals surface area (Å²) < 4.78 is 0. The van der Waals surface area contributed by atoms with Gasteiger partial charge < -0.3 is 31.7 Å². The molecule has 6 N–H and O–H groups in total. The summed E-state index contributed by atoms with van der Waals surface area (Å²) in [5.74, 6) is -4.81. The third kappa shape index (κ3) is 11.2. The molecule has 0 aliphatic rings. The first-order chi connectivity index (χ1) is 18.1. The van der Waals surface area contributed by atoms with Crippen LogP contribution in [0.4, 0.5) is 11.4 Å². The second kappa shape index (κ2) is 15.0. The fourth-order valence-electron chi connectivity index (χ4n) is 3.10. The Morgan fingerprint density at radius 2 is 1.23 bits per heavy atom. The second-order valence-electron chi connectivity index (χ2n) is 9.17. The molecule has 0 aliphatic carbocycles. The van der Waals surface area contributed by atoms with Crippen molar-refractivity contribution < 1.29 is 38.8 Å². The number of aliphatic carboxylic acids is 1. The minimum absolute atomic E-state index is 0.148. The maximum absolute atomic E-state index is 12.8. The van der Waals surface area contributed by atoms with Gasteiger partial charge in [-0.05, 0) is 38.8 Å². The van der Waals surface area contributed by atoms with E-state index in [-0.39, 0.29) is 17.8 Å². The molecule has 1 aromatic carbocycles. The molecular weight excluding hydrogens is 516 g/mol. The molecule has 15 nitrogen and oxygen atoms in total. The first-order valence-electron chi connectivity index (χ1n) is 12.1. The highest BCUT2D eigenvalue weighted by molar-refractivity contribution is 5.99. The lowest BCUT2D eigenvalue weighted by molar-refractivity contribution is -0.384. The molecule has 0 radical (unpaired) electrons. The number of nitrogens with one attached hydrogen (secondary N) is 5. The summed E-state index contributed by atoms with van der Waals surface area (Å²) in [5, 5.41) is 31.7. The summed E-state index contributed by atoms with van der Waals surface area (Å²) >= 11 is 0. The van der Waals surface area contributed by atoms with Crippen molar-refractivity contribution in [3.63, 3.8) is 0 Å². The van der Waals surface area contributed by atoms with Gasteiger partial charge in [-0.1, -0.05) is 13.8 Å². The number of nitrogens with zero attached hydrogens (tertiary/aromatic N) is 1. The average molecular weight is 551 g/mol. The zero-order valence-corrected chi connectivity index (χ0v) is 22.3. The summed E-state index contributed by atoms with van der Waals surface area (Å²) in [6.07, 6.45) is -0.701. The van der Waals surface area contributed by atoms with Crippen LogP contribution in [0.2, 0.25) is 0 Å². The molecule has 0 saturated carbocycles. The summed E-state index contributed by atoms with van der Waals surface area (Å²) in [5.41, 5.74) is 0.141. The van der Waals surface area contributed by atoms with Gasteiger partial charge in [0.1, 0.15) is 24.2 Å². The maximum Gasteiger partial charge on any atom is 0.303 e. The molecule has 1 aromatic rings. The van der Waals surface area contributed by atoms with Crippen molar-refractivity contribution in [1.82, 2.24) is 21.3 Å². The average Bonchev–Trinajstić information content (AvgIpc) is 2.85. The summed E-state index contributed by atoms with van der Waals surface area (Å²) in [6, 6.07) is 0.926. The molecule has 0 aromatic heterocycles. The normalized spacial score (nSPS) is 13.7. The first-order valence-corrected chi connectivity index (χ1v) is 12.1. The molecule has 1 rings (SSSR count). The van der Waals surface area contributed by atoms with Crippen LogP contribution >= 0.6 is 0 Å². The van der Waals surface area contributed by atoms with Gasteiger partial charge in [0.05, 0.1) is 11.3 Å². The third-order valence-electron chi connectivity index (χ3n) is 5.43. The lowest BCUT2D eigenvalue weighted by Gasteiger charge is -2.26. The van der Waals surface area contributed by atoms with Crippen LogP contribution in [0.15, 0.2) is 24.3 Å². The van der Waals surface area contributed by atoms with Crippen LogP contribution in [0, 0.1) is 16.0 Å². The Balaban J connectivity index is 2.67. The molecule has 4 atom stereocenters. The fraction of sp³-hybridized carbons (Fsp3) is 0.500. The van der Waals surface area contributed by atoms with Gasteiger partial charge in [0.15, 0.2) is 0 Å². The van der Waals surface area contributed by atoms with Crippen LogP contribution < -0.4 is 26.6 Å². The largest absolute Gasteiger partial charge is 0.481 e. The van der Waals surface area contributed by atoms with E-state index in [0.29, 0.717) is 0 Å². The Morgan fingerprint density at radius 1 is 0.744 bits per heavy atom. The van der Waals surface area contributed by atoms with Crippen molar-refractivity contribution in [2.75, 3.05) is 5.32 Å². The Bertz CT molecular complexity index is 1090. The maximum atomic E-state index is 12.8. The molecule has 0 saturated heterocycles. The Hall–Kier alpha value is -4.56. The SMILES string of the molecule is CC(C)[C@H](NC(=O)[C@H](C)NC(=O)[C@H](C)NC(=O)CCC(=O)O)C(=O)N[C@@H](C)C(=O)Nc1ccc([N+](=O)[O-])cc1.